The number of nitrogens with one attached hydrogen (secondary N) is 1. The van der Waals surface area contributed by atoms with Crippen molar-refractivity contribution in [3.8, 4) is 0 Å². The van der Waals surface area contributed by atoms with Gasteiger partial charge in [0, 0.05) is 25.0 Å². The van der Waals surface area contributed by atoms with Crippen molar-refractivity contribution in [3.63, 3.8) is 0 Å². The maximum absolute atomic E-state index is 12.1. The van der Waals surface area contributed by atoms with Gasteiger partial charge in [0.05, 0.1) is 5.92 Å². The molecule has 1 aliphatic heterocycles. The van der Waals surface area contributed by atoms with Gasteiger partial charge >= 0.3 is 5.97 Å². The zero-order valence-electron chi connectivity index (χ0n) is 11.8. The van der Waals surface area contributed by atoms with Gasteiger partial charge in [0.2, 0.25) is 5.91 Å². The maximum atomic E-state index is 12.1. The van der Waals surface area contributed by atoms with Crippen LogP contribution >= 0.6 is 0 Å². The van der Waals surface area contributed by atoms with Crippen LogP contribution in [0.4, 0.5) is 0 Å². The van der Waals surface area contributed by atoms with E-state index in [9.17, 15) is 14.7 Å². The second kappa shape index (κ2) is 5.90. The largest absolute Gasteiger partial charge is 0.481 e. The molecule has 0 radical (unpaired) electrons. The summed E-state index contributed by atoms with van der Waals surface area (Å²) in [5.41, 5.74) is 0. The normalized spacial score (nSPS) is 27.6. The minimum absolute atomic E-state index is 0.0594. The lowest BCUT2D eigenvalue weighted by Crippen LogP contribution is -2.54. The van der Waals surface area contributed by atoms with Crippen LogP contribution in [-0.4, -0.2) is 47.6 Å². The second-order valence-electron chi connectivity index (χ2n) is 6.22. The first-order valence-corrected chi connectivity index (χ1v) is 7.22. The molecule has 0 aromatic heterocycles. The topological polar surface area (TPSA) is 69.6 Å². The second-order valence-corrected chi connectivity index (χ2v) is 6.22. The molecule has 2 rings (SSSR count). The van der Waals surface area contributed by atoms with Crippen molar-refractivity contribution in [3.05, 3.63) is 0 Å². The lowest BCUT2D eigenvalue weighted by molar-refractivity contribution is -0.147. The lowest BCUT2D eigenvalue weighted by atomic mass is 9.93. The van der Waals surface area contributed by atoms with E-state index in [1.54, 1.807) is 4.90 Å². The van der Waals surface area contributed by atoms with Gasteiger partial charge in [-0.25, -0.2) is 0 Å². The Labute approximate surface area is 114 Å². The molecule has 1 saturated carbocycles. The standard InChI is InChI=1S/C14H24N2O3/c1-9(2)13(17)16-7-11(14(18)19)5-12(8-16)15-6-10-3-4-10/h9-12,15H,3-8H2,1-2H3,(H,18,19). The predicted octanol–water partition coefficient (Wildman–Crippen LogP) is 0.944. The van der Waals surface area contributed by atoms with E-state index in [2.05, 4.69) is 5.32 Å². The van der Waals surface area contributed by atoms with Crippen LogP contribution in [0.2, 0.25) is 0 Å². The minimum atomic E-state index is -0.792. The molecule has 1 amide bonds. The highest BCUT2D eigenvalue weighted by Gasteiger charge is 2.35. The van der Waals surface area contributed by atoms with Crippen LogP contribution in [0.15, 0.2) is 0 Å². The molecule has 2 N–H and O–H groups in total. The number of carbonyl (C=O) groups is 2. The molecule has 1 aliphatic carbocycles. The number of carboxylic acids is 1. The molecule has 2 aliphatic rings. The van der Waals surface area contributed by atoms with Gasteiger partial charge in [0.25, 0.3) is 0 Å². The Morgan fingerprint density at radius 3 is 2.53 bits per heavy atom. The van der Waals surface area contributed by atoms with E-state index in [-0.39, 0.29) is 17.9 Å². The number of carbonyl (C=O) groups excluding carboxylic acids is 1. The van der Waals surface area contributed by atoms with Crippen molar-refractivity contribution in [2.45, 2.75) is 39.2 Å². The maximum Gasteiger partial charge on any atom is 0.308 e. The Kier molecular flexibility index (Phi) is 4.45. The van der Waals surface area contributed by atoms with E-state index in [4.69, 9.17) is 0 Å². The van der Waals surface area contributed by atoms with E-state index in [1.165, 1.54) is 12.8 Å². The van der Waals surface area contributed by atoms with Crippen LogP contribution in [-0.2, 0) is 9.59 Å². The molecular weight excluding hydrogens is 244 g/mol. The smallest absolute Gasteiger partial charge is 0.308 e. The molecule has 19 heavy (non-hydrogen) atoms. The van der Waals surface area contributed by atoms with Crippen LogP contribution in [0.3, 0.4) is 0 Å². The number of hydrogen-bond acceptors (Lipinski definition) is 3. The molecule has 0 spiro atoms. The molecule has 108 valence electrons. The summed E-state index contributed by atoms with van der Waals surface area (Å²) in [5.74, 6) is -0.479. The molecule has 1 heterocycles. The molecule has 2 unspecified atom stereocenters. The van der Waals surface area contributed by atoms with Crippen LogP contribution in [0, 0.1) is 17.8 Å². The first kappa shape index (κ1) is 14.3. The highest BCUT2D eigenvalue weighted by Crippen LogP contribution is 2.28. The molecule has 0 aromatic carbocycles. The lowest BCUT2D eigenvalue weighted by Gasteiger charge is -2.37. The van der Waals surface area contributed by atoms with Crippen molar-refractivity contribution in [2.75, 3.05) is 19.6 Å². The third-order valence-electron chi connectivity index (χ3n) is 4.00. The van der Waals surface area contributed by atoms with Gasteiger partial charge in [0.15, 0.2) is 0 Å². The highest BCUT2D eigenvalue weighted by atomic mass is 16.4. The van der Waals surface area contributed by atoms with Crippen LogP contribution < -0.4 is 5.32 Å². The summed E-state index contributed by atoms with van der Waals surface area (Å²) >= 11 is 0. The van der Waals surface area contributed by atoms with Gasteiger partial charge in [0.1, 0.15) is 0 Å². The number of nitrogens with zero attached hydrogens (tertiary/aromatic N) is 1. The number of likely N-dealkylation sites (tertiary alicyclic amines) is 1. The molecule has 2 fully saturated rings. The molecule has 5 nitrogen and oxygen atoms in total. The Morgan fingerprint density at radius 1 is 1.32 bits per heavy atom. The number of amides is 1. The number of hydrogen-bond donors (Lipinski definition) is 2. The highest BCUT2D eigenvalue weighted by molar-refractivity contribution is 5.79. The van der Waals surface area contributed by atoms with Gasteiger partial charge in [-0.05, 0) is 31.7 Å². The minimum Gasteiger partial charge on any atom is -0.481 e. The van der Waals surface area contributed by atoms with E-state index in [1.807, 2.05) is 13.8 Å². The SMILES string of the molecule is CC(C)C(=O)N1CC(NCC2CC2)CC(C(=O)O)C1. The molecule has 0 bridgehead atoms. The zero-order valence-corrected chi connectivity index (χ0v) is 11.8. The Balaban J connectivity index is 1.94. The Hall–Kier alpha value is -1.10. The van der Waals surface area contributed by atoms with E-state index in [0.29, 0.717) is 19.5 Å². The van der Waals surface area contributed by atoms with Crippen LogP contribution in [0.5, 0.6) is 0 Å². The molecular formula is C14H24N2O3. The molecule has 0 aromatic rings. The van der Waals surface area contributed by atoms with Gasteiger partial charge in [-0.1, -0.05) is 13.8 Å². The van der Waals surface area contributed by atoms with Gasteiger partial charge in [-0.3, -0.25) is 9.59 Å². The average Bonchev–Trinajstić information content (AvgIpc) is 3.18. The van der Waals surface area contributed by atoms with Crippen molar-refractivity contribution in [2.24, 2.45) is 17.8 Å². The summed E-state index contributed by atoms with van der Waals surface area (Å²) in [6, 6.07) is 0.123. The van der Waals surface area contributed by atoms with E-state index >= 15 is 0 Å². The molecule has 1 saturated heterocycles. The van der Waals surface area contributed by atoms with E-state index < -0.39 is 11.9 Å². The fourth-order valence-corrected chi connectivity index (χ4v) is 2.63. The first-order chi connectivity index (χ1) is 8.97. The fraction of sp³-hybridized carbons (Fsp3) is 0.857. The molecule has 2 atom stereocenters. The van der Waals surface area contributed by atoms with Gasteiger partial charge in [-0.15, -0.1) is 0 Å². The number of piperidine rings is 1. The predicted molar refractivity (Wildman–Crippen MR) is 71.7 cm³/mol. The summed E-state index contributed by atoms with van der Waals surface area (Å²) in [4.78, 5) is 25.0. The van der Waals surface area contributed by atoms with Gasteiger partial charge in [-0.2, -0.15) is 0 Å². The Bertz CT molecular complexity index is 353. The third-order valence-corrected chi connectivity index (χ3v) is 4.00. The van der Waals surface area contributed by atoms with Crippen molar-refractivity contribution in [1.29, 1.82) is 0 Å². The quantitative estimate of drug-likeness (QED) is 0.778. The third kappa shape index (κ3) is 3.93. The number of aliphatic carboxylic acids is 1. The summed E-state index contributed by atoms with van der Waals surface area (Å²) in [6.45, 7) is 5.68. The zero-order chi connectivity index (χ0) is 14.0. The van der Waals surface area contributed by atoms with Crippen LogP contribution in [0.1, 0.15) is 33.1 Å². The van der Waals surface area contributed by atoms with Crippen LogP contribution in [0.25, 0.3) is 0 Å². The van der Waals surface area contributed by atoms with Crippen molar-refractivity contribution in [1.82, 2.24) is 10.2 Å². The van der Waals surface area contributed by atoms with Crippen molar-refractivity contribution < 1.29 is 14.7 Å². The monoisotopic (exact) mass is 268 g/mol. The number of carboxylic acid groups (broad SMARTS) is 1. The Morgan fingerprint density at radius 2 is 2.00 bits per heavy atom. The van der Waals surface area contributed by atoms with Gasteiger partial charge < -0.3 is 15.3 Å². The average molecular weight is 268 g/mol. The summed E-state index contributed by atoms with van der Waals surface area (Å²) in [7, 11) is 0. The fourth-order valence-electron chi connectivity index (χ4n) is 2.63. The van der Waals surface area contributed by atoms with Crippen molar-refractivity contribution >= 4 is 11.9 Å². The number of rotatable bonds is 5. The summed E-state index contributed by atoms with van der Waals surface area (Å²) in [6.07, 6.45) is 3.18. The first-order valence-electron chi connectivity index (χ1n) is 7.22. The summed E-state index contributed by atoms with van der Waals surface area (Å²) < 4.78 is 0. The van der Waals surface area contributed by atoms with E-state index in [0.717, 1.165) is 12.5 Å². The molecule has 5 heteroatoms. The summed E-state index contributed by atoms with van der Waals surface area (Å²) in [5, 5.41) is 12.7.